The molecular formula is C16H18N4OS2. The first kappa shape index (κ1) is 14.9. The average Bonchev–Trinajstić information content (AvgIpc) is 3.27. The van der Waals surface area contributed by atoms with Gasteiger partial charge >= 0.3 is 0 Å². The van der Waals surface area contributed by atoms with Gasteiger partial charge in [0.15, 0.2) is 16.4 Å². The lowest BCUT2D eigenvalue weighted by Gasteiger charge is -2.33. The van der Waals surface area contributed by atoms with E-state index in [1.165, 1.54) is 10.4 Å². The van der Waals surface area contributed by atoms with Crippen molar-refractivity contribution >= 4 is 23.6 Å². The highest BCUT2D eigenvalue weighted by atomic mass is 32.1. The highest BCUT2D eigenvalue weighted by molar-refractivity contribution is 7.71. The lowest BCUT2D eigenvalue weighted by molar-refractivity contribution is 0.144. The summed E-state index contributed by atoms with van der Waals surface area (Å²) in [6, 6.07) is 6.40. The van der Waals surface area contributed by atoms with Crippen molar-refractivity contribution in [3.8, 4) is 11.6 Å². The van der Waals surface area contributed by atoms with Crippen LogP contribution in [0.2, 0.25) is 0 Å². The second kappa shape index (κ2) is 5.74. The highest BCUT2D eigenvalue weighted by Gasteiger charge is 2.25. The molecule has 0 radical (unpaired) electrons. The van der Waals surface area contributed by atoms with Gasteiger partial charge in [0.25, 0.3) is 0 Å². The molecule has 0 fully saturated rings. The van der Waals surface area contributed by atoms with Gasteiger partial charge in [0.1, 0.15) is 0 Å². The third-order valence-electron chi connectivity index (χ3n) is 4.50. The summed E-state index contributed by atoms with van der Waals surface area (Å²) >= 11 is 7.41. The molecular weight excluding hydrogens is 328 g/mol. The van der Waals surface area contributed by atoms with Gasteiger partial charge in [0, 0.05) is 24.5 Å². The van der Waals surface area contributed by atoms with Gasteiger partial charge in [-0.2, -0.15) is 0 Å². The molecule has 0 saturated carbocycles. The number of thiophene rings is 1. The van der Waals surface area contributed by atoms with E-state index in [-0.39, 0.29) is 0 Å². The fourth-order valence-corrected chi connectivity index (χ4v) is 4.27. The quantitative estimate of drug-likeness (QED) is 0.675. The predicted octanol–water partition coefficient (Wildman–Crippen LogP) is 3.85. The van der Waals surface area contributed by atoms with Crippen molar-refractivity contribution in [2.45, 2.75) is 26.1 Å². The Morgan fingerprint density at radius 1 is 1.43 bits per heavy atom. The van der Waals surface area contributed by atoms with E-state index in [0.717, 1.165) is 24.6 Å². The summed E-state index contributed by atoms with van der Waals surface area (Å²) in [6.07, 6.45) is 2.75. The lowest BCUT2D eigenvalue weighted by Crippen LogP contribution is -2.35. The van der Waals surface area contributed by atoms with Gasteiger partial charge in [0.05, 0.1) is 12.9 Å². The number of rotatable bonds is 3. The van der Waals surface area contributed by atoms with Crippen LogP contribution in [0.4, 0.5) is 0 Å². The lowest BCUT2D eigenvalue weighted by atomic mass is 10.0. The molecule has 0 bridgehead atoms. The summed E-state index contributed by atoms with van der Waals surface area (Å²) in [7, 11) is 1.93. The molecule has 4 heterocycles. The monoisotopic (exact) mass is 346 g/mol. The number of nitrogens with zero attached hydrogens (tertiary/aromatic N) is 4. The molecule has 3 aromatic rings. The molecule has 0 amide bonds. The molecule has 0 aliphatic carbocycles. The maximum atomic E-state index is 5.55. The minimum atomic E-state index is 0.390. The first-order chi connectivity index (χ1) is 11.1. The molecule has 23 heavy (non-hydrogen) atoms. The molecule has 0 spiro atoms. The maximum Gasteiger partial charge on any atom is 0.199 e. The number of hydrogen-bond acceptors (Lipinski definition) is 5. The normalized spacial score (nSPS) is 18.3. The van der Waals surface area contributed by atoms with Gasteiger partial charge in [-0.15, -0.1) is 16.4 Å². The van der Waals surface area contributed by atoms with Gasteiger partial charge in [-0.3, -0.25) is 4.90 Å². The van der Waals surface area contributed by atoms with Crippen LogP contribution in [0, 0.1) is 4.77 Å². The smallest absolute Gasteiger partial charge is 0.199 e. The Hall–Kier alpha value is -1.70. The molecule has 4 rings (SSSR count). The molecule has 0 saturated heterocycles. The van der Waals surface area contributed by atoms with Crippen LogP contribution in [0.1, 0.15) is 23.4 Å². The SMILES string of the molecule is CC1c2ccsc2CCN1Cn1nc(-c2ccco2)n(C)c1=S. The average molecular weight is 346 g/mol. The van der Waals surface area contributed by atoms with Gasteiger partial charge in [-0.25, -0.2) is 4.68 Å². The first-order valence-corrected chi connectivity index (χ1v) is 8.92. The van der Waals surface area contributed by atoms with Crippen LogP contribution in [-0.2, 0) is 20.1 Å². The van der Waals surface area contributed by atoms with E-state index in [1.807, 2.05) is 39.8 Å². The minimum absolute atomic E-state index is 0.390. The Morgan fingerprint density at radius 2 is 2.30 bits per heavy atom. The number of hydrogen-bond donors (Lipinski definition) is 0. The topological polar surface area (TPSA) is 39.1 Å². The van der Waals surface area contributed by atoms with Crippen LogP contribution in [0.15, 0.2) is 34.3 Å². The van der Waals surface area contributed by atoms with Crippen LogP contribution >= 0.6 is 23.6 Å². The molecule has 1 atom stereocenters. The van der Waals surface area contributed by atoms with Crippen molar-refractivity contribution in [3.05, 3.63) is 45.1 Å². The summed E-state index contributed by atoms with van der Waals surface area (Å²) in [6.45, 7) is 3.98. The largest absolute Gasteiger partial charge is 0.461 e. The summed E-state index contributed by atoms with van der Waals surface area (Å²) in [4.78, 5) is 3.93. The van der Waals surface area contributed by atoms with Crippen molar-refractivity contribution in [2.75, 3.05) is 6.54 Å². The Balaban J connectivity index is 1.63. The van der Waals surface area contributed by atoms with E-state index in [4.69, 9.17) is 16.6 Å². The second-order valence-corrected chi connectivity index (χ2v) is 7.19. The molecule has 0 aromatic carbocycles. The molecule has 1 unspecified atom stereocenters. The van der Waals surface area contributed by atoms with Crippen LogP contribution in [0.5, 0.6) is 0 Å². The van der Waals surface area contributed by atoms with E-state index in [0.29, 0.717) is 17.5 Å². The van der Waals surface area contributed by atoms with Crippen molar-refractivity contribution in [1.82, 2.24) is 19.2 Å². The van der Waals surface area contributed by atoms with Crippen LogP contribution < -0.4 is 0 Å². The van der Waals surface area contributed by atoms with Crippen LogP contribution in [-0.4, -0.2) is 25.8 Å². The van der Waals surface area contributed by atoms with Crippen molar-refractivity contribution in [3.63, 3.8) is 0 Å². The van der Waals surface area contributed by atoms with Gasteiger partial charge < -0.3 is 8.98 Å². The molecule has 1 aliphatic heterocycles. The molecule has 1 aliphatic rings. The van der Waals surface area contributed by atoms with Crippen molar-refractivity contribution in [1.29, 1.82) is 0 Å². The summed E-state index contributed by atoms with van der Waals surface area (Å²) in [5.74, 6) is 1.50. The molecule has 5 nitrogen and oxygen atoms in total. The van der Waals surface area contributed by atoms with E-state index < -0.39 is 0 Å². The molecule has 120 valence electrons. The summed E-state index contributed by atoms with van der Waals surface area (Å²) < 4.78 is 9.96. The Bertz CT molecular complexity index is 874. The highest BCUT2D eigenvalue weighted by Crippen LogP contribution is 2.33. The fraction of sp³-hybridized carbons (Fsp3) is 0.375. The molecule has 7 heteroatoms. The fourth-order valence-electron chi connectivity index (χ4n) is 3.13. The Morgan fingerprint density at radius 3 is 3.09 bits per heavy atom. The number of aromatic nitrogens is 3. The standard InChI is InChI=1S/C16H18N4OS2/c1-11-12-6-9-23-14(12)5-7-19(11)10-20-16(22)18(2)15(17-20)13-4-3-8-21-13/h3-4,6,8-9,11H,5,7,10H2,1-2H3. The van der Waals surface area contributed by atoms with E-state index in [2.05, 4.69) is 28.4 Å². The zero-order chi connectivity index (χ0) is 16.0. The third-order valence-corrected chi connectivity index (χ3v) is 5.98. The third kappa shape index (κ3) is 2.49. The van der Waals surface area contributed by atoms with Crippen molar-refractivity contribution in [2.24, 2.45) is 7.05 Å². The molecule has 0 N–H and O–H groups in total. The van der Waals surface area contributed by atoms with E-state index >= 15 is 0 Å². The van der Waals surface area contributed by atoms with E-state index in [9.17, 15) is 0 Å². The van der Waals surface area contributed by atoms with Crippen LogP contribution in [0.25, 0.3) is 11.6 Å². The number of furan rings is 1. The van der Waals surface area contributed by atoms with Gasteiger partial charge in [-0.1, -0.05) is 0 Å². The Kier molecular flexibility index (Phi) is 3.71. The van der Waals surface area contributed by atoms with Crippen molar-refractivity contribution < 1.29 is 4.42 Å². The Labute approximate surface area is 143 Å². The van der Waals surface area contributed by atoms with Crippen LogP contribution in [0.3, 0.4) is 0 Å². The maximum absolute atomic E-state index is 5.55. The second-order valence-electron chi connectivity index (χ2n) is 5.82. The van der Waals surface area contributed by atoms with Gasteiger partial charge in [-0.05, 0) is 54.7 Å². The first-order valence-electron chi connectivity index (χ1n) is 7.63. The zero-order valence-electron chi connectivity index (χ0n) is 13.1. The summed E-state index contributed by atoms with van der Waals surface area (Å²) in [5.41, 5.74) is 1.44. The summed E-state index contributed by atoms with van der Waals surface area (Å²) in [5, 5.41) is 6.85. The van der Waals surface area contributed by atoms with Gasteiger partial charge in [0.2, 0.25) is 0 Å². The minimum Gasteiger partial charge on any atom is -0.461 e. The van der Waals surface area contributed by atoms with E-state index in [1.54, 1.807) is 6.26 Å². The predicted molar refractivity (Wildman–Crippen MR) is 92.9 cm³/mol. The molecule has 3 aromatic heterocycles. The number of fused-ring (bicyclic) bond motifs is 1. The zero-order valence-corrected chi connectivity index (χ0v) is 14.7.